The highest BCUT2D eigenvalue weighted by molar-refractivity contribution is 9.10. The van der Waals surface area contributed by atoms with Gasteiger partial charge in [0.2, 0.25) is 0 Å². The van der Waals surface area contributed by atoms with E-state index in [9.17, 15) is 0 Å². The number of pyridine rings is 1. The Balaban J connectivity index is 1.63. The summed E-state index contributed by atoms with van der Waals surface area (Å²) in [6.45, 7) is 8.16. The van der Waals surface area contributed by atoms with Gasteiger partial charge < -0.3 is 9.47 Å². The smallest absolute Gasteiger partial charge is 0.165 e. The van der Waals surface area contributed by atoms with Crippen LogP contribution in [0.25, 0.3) is 22.4 Å². The van der Waals surface area contributed by atoms with Crippen molar-refractivity contribution in [1.29, 1.82) is 0 Å². The van der Waals surface area contributed by atoms with Crippen LogP contribution in [0.5, 0.6) is 5.75 Å². The Labute approximate surface area is 180 Å². The SMILES string of the molecule is COc1ccnc(C2CC2)c1-c1ncc2nn(COCC[Si](C)(C)C)c(Br)c2n1. The van der Waals surface area contributed by atoms with Crippen LogP contribution in [0.2, 0.25) is 25.7 Å². The van der Waals surface area contributed by atoms with Gasteiger partial charge >= 0.3 is 0 Å². The molecule has 3 aromatic heterocycles. The fourth-order valence-electron chi connectivity index (χ4n) is 3.15. The molecule has 154 valence electrons. The Morgan fingerprint density at radius 3 is 2.72 bits per heavy atom. The van der Waals surface area contributed by atoms with Crippen LogP contribution in [0.4, 0.5) is 0 Å². The van der Waals surface area contributed by atoms with Crippen molar-refractivity contribution >= 4 is 35.0 Å². The minimum atomic E-state index is -1.11. The van der Waals surface area contributed by atoms with E-state index in [-0.39, 0.29) is 0 Å². The zero-order valence-electron chi connectivity index (χ0n) is 17.3. The third-order valence-corrected chi connectivity index (χ3v) is 7.47. The van der Waals surface area contributed by atoms with Crippen LogP contribution in [0.3, 0.4) is 0 Å². The number of hydrogen-bond donors (Lipinski definition) is 0. The fraction of sp³-hybridized carbons (Fsp3) is 0.500. The first-order valence-electron chi connectivity index (χ1n) is 9.87. The van der Waals surface area contributed by atoms with Gasteiger partial charge in [0.05, 0.1) is 24.6 Å². The second-order valence-corrected chi connectivity index (χ2v) is 15.0. The number of aromatic nitrogens is 5. The van der Waals surface area contributed by atoms with Gasteiger partial charge in [0.1, 0.15) is 28.1 Å². The van der Waals surface area contributed by atoms with Crippen LogP contribution in [0, 0.1) is 0 Å². The number of fused-ring (bicyclic) bond motifs is 1. The second-order valence-electron chi connectivity index (χ2n) is 8.61. The van der Waals surface area contributed by atoms with E-state index in [1.54, 1.807) is 24.2 Å². The number of halogens is 1. The third-order valence-electron chi connectivity index (χ3n) is 4.98. The minimum absolute atomic E-state index is 0.389. The molecule has 0 saturated heterocycles. The molecule has 1 aliphatic carbocycles. The first-order valence-corrected chi connectivity index (χ1v) is 14.4. The van der Waals surface area contributed by atoms with Crippen LogP contribution < -0.4 is 4.74 Å². The Morgan fingerprint density at radius 1 is 1.24 bits per heavy atom. The molecule has 7 nitrogen and oxygen atoms in total. The van der Waals surface area contributed by atoms with Crippen molar-refractivity contribution in [3.63, 3.8) is 0 Å². The van der Waals surface area contributed by atoms with E-state index in [0.29, 0.717) is 18.5 Å². The maximum Gasteiger partial charge on any atom is 0.165 e. The molecule has 1 aliphatic rings. The summed E-state index contributed by atoms with van der Waals surface area (Å²) in [5.41, 5.74) is 3.38. The summed E-state index contributed by atoms with van der Waals surface area (Å²) in [6, 6.07) is 2.99. The lowest BCUT2D eigenvalue weighted by Gasteiger charge is -2.15. The summed E-state index contributed by atoms with van der Waals surface area (Å²) in [5, 5.41) is 4.58. The number of methoxy groups -OCH3 is 1. The van der Waals surface area contributed by atoms with Crippen LogP contribution in [-0.4, -0.2) is 46.5 Å². The molecule has 0 aromatic carbocycles. The molecule has 0 radical (unpaired) electrons. The molecule has 0 amide bonds. The number of nitrogens with zero attached hydrogens (tertiary/aromatic N) is 5. The average molecular weight is 476 g/mol. The van der Waals surface area contributed by atoms with Gasteiger partial charge in [0, 0.05) is 26.8 Å². The first kappa shape index (κ1) is 20.4. The summed E-state index contributed by atoms with van der Waals surface area (Å²) in [6.07, 6.45) is 5.84. The lowest BCUT2D eigenvalue weighted by molar-refractivity contribution is 0.0775. The van der Waals surface area contributed by atoms with Crippen molar-refractivity contribution in [3.8, 4) is 17.1 Å². The summed E-state index contributed by atoms with van der Waals surface area (Å²) in [7, 11) is 0.555. The van der Waals surface area contributed by atoms with Gasteiger partial charge in [0.25, 0.3) is 0 Å². The second kappa shape index (κ2) is 8.12. The van der Waals surface area contributed by atoms with Crippen molar-refractivity contribution in [1.82, 2.24) is 24.7 Å². The van der Waals surface area contributed by atoms with Crippen molar-refractivity contribution < 1.29 is 9.47 Å². The highest BCUT2D eigenvalue weighted by Gasteiger charge is 2.31. The largest absolute Gasteiger partial charge is 0.496 e. The molecule has 4 rings (SSSR count). The number of hydrogen-bond acceptors (Lipinski definition) is 6. The summed E-state index contributed by atoms with van der Waals surface area (Å²) >= 11 is 3.64. The molecule has 0 aliphatic heterocycles. The molecular formula is C20H26BrN5O2Si. The molecule has 1 saturated carbocycles. The molecular weight excluding hydrogens is 450 g/mol. The number of ether oxygens (including phenoxy) is 2. The molecule has 0 bridgehead atoms. The van der Waals surface area contributed by atoms with Gasteiger partial charge in [-0.1, -0.05) is 19.6 Å². The van der Waals surface area contributed by atoms with Gasteiger partial charge in [-0.25, -0.2) is 14.6 Å². The zero-order valence-corrected chi connectivity index (χ0v) is 19.9. The molecule has 3 aromatic rings. The van der Waals surface area contributed by atoms with Crippen LogP contribution in [-0.2, 0) is 11.5 Å². The van der Waals surface area contributed by atoms with Gasteiger partial charge in [-0.3, -0.25) is 4.98 Å². The Morgan fingerprint density at radius 2 is 2.03 bits per heavy atom. The fourth-order valence-corrected chi connectivity index (χ4v) is 4.38. The Hall–Kier alpha value is -1.84. The topological polar surface area (TPSA) is 75.0 Å². The predicted molar refractivity (Wildman–Crippen MR) is 119 cm³/mol. The molecule has 1 fully saturated rings. The quantitative estimate of drug-likeness (QED) is 0.342. The highest BCUT2D eigenvalue weighted by atomic mass is 79.9. The third kappa shape index (κ3) is 4.51. The molecule has 0 spiro atoms. The van der Waals surface area contributed by atoms with Crippen LogP contribution in [0.15, 0.2) is 23.1 Å². The van der Waals surface area contributed by atoms with Crippen molar-refractivity contribution in [2.24, 2.45) is 0 Å². The summed E-state index contributed by atoms with van der Waals surface area (Å²) in [5.74, 6) is 1.83. The molecule has 3 heterocycles. The molecule has 29 heavy (non-hydrogen) atoms. The van der Waals surface area contributed by atoms with Crippen LogP contribution in [0.1, 0.15) is 24.5 Å². The standard InChI is InChI=1S/C20H26BrN5O2Si/c1-27-15-7-8-22-17(13-5-6-13)16(15)20-23-11-14-18(24-20)19(21)26(25-14)12-28-9-10-29(2,3)4/h7-8,11,13H,5-6,9-10,12H2,1-4H3. The molecule has 0 N–H and O–H groups in total. The maximum atomic E-state index is 5.84. The van der Waals surface area contributed by atoms with Crippen molar-refractivity contribution in [3.05, 3.63) is 28.8 Å². The molecule has 0 atom stereocenters. The van der Waals surface area contributed by atoms with Crippen molar-refractivity contribution in [2.75, 3.05) is 13.7 Å². The van der Waals surface area contributed by atoms with E-state index in [1.165, 1.54) is 0 Å². The van der Waals surface area contributed by atoms with E-state index in [2.05, 4.69) is 50.6 Å². The minimum Gasteiger partial charge on any atom is -0.496 e. The van der Waals surface area contributed by atoms with E-state index < -0.39 is 8.07 Å². The van der Waals surface area contributed by atoms with E-state index in [1.807, 2.05) is 6.07 Å². The zero-order chi connectivity index (χ0) is 20.6. The Kier molecular flexibility index (Phi) is 5.72. The normalized spacial score (nSPS) is 14.5. The van der Waals surface area contributed by atoms with Gasteiger partial charge in [-0.2, -0.15) is 5.10 Å². The predicted octanol–water partition coefficient (Wildman–Crippen LogP) is 4.85. The van der Waals surface area contributed by atoms with Crippen molar-refractivity contribution in [2.45, 2.75) is 51.2 Å². The summed E-state index contributed by atoms with van der Waals surface area (Å²) < 4.78 is 14.0. The van der Waals surface area contributed by atoms with Gasteiger partial charge in [0.15, 0.2) is 5.82 Å². The van der Waals surface area contributed by atoms with E-state index >= 15 is 0 Å². The monoisotopic (exact) mass is 475 g/mol. The average Bonchev–Trinajstić information content (AvgIpc) is 3.49. The lowest BCUT2D eigenvalue weighted by atomic mass is 10.1. The highest BCUT2D eigenvalue weighted by Crippen LogP contribution is 2.45. The van der Waals surface area contributed by atoms with Gasteiger partial charge in [-0.15, -0.1) is 0 Å². The van der Waals surface area contributed by atoms with Crippen LogP contribution >= 0.6 is 15.9 Å². The molecule has 0 unspecified atom stereocenters. The molecule has 9 heteroatoms. The summed E-state index contributed by atoms with van der Waals surface area (Å²) in [4.78, 5) is 14.0. The van der Waals surface area contributed by atoms with Gasteiger partial charge in [-0.05, 0) is 40.9 Å². The maximum absolute atomic E-state index is 5.84. The first-order chi connectivity index (χ1) is 13.9. The Bertz CT molecular complexity index is 1030. The van der Waals surface area contributed by atoms with E-state index in [0.717, 1.165) is 58.1 Å². The number of rotatable bonds is 8. The van der Waals surface area contributed by atoms with E-state index in [4.69, 9.17) is 14.5 Å². The lowest BCUT2D eigenvalue weighted by Crippen LogP contribution is -2.22.